The molecule has 0 spiro atoms. The molecular weight excluding hydrogens is 708 g/mol. The highest BCUT2D eigenvalue weighted by molar-refractivity contribution is 14.1. The molecule has 6 heteroatoms. The number of benzene rings is 3. The first-order chi connectivity index (χ1) is 13.5. The van der Waals surface area contributed by atoms with E-state index in [-0.39, 0.29) is 0 Å². The van der Waals surface area contributed by atoms with Crippen LogP contribution in [0.5, 0.6) is 5.75 Å². The molecule has 0 heterocycles. The van der Waals surface area contributed by atoms with Crippen LogP contribution in [-0.4, -0.2) is 0 Å². The summed E-state index contributed by atoms with van der Waals surface area (Å²) in [6.45, 7) is 0.511. The molecule has 0 amide bonds. The smallest absolute Gasteiger partial charge is 0.146 e. The van der Waals surface area contributed by atoms with Crippen molar-refractivity contribution in [2.75, 3.05) is 0 Å². The molecule has 2 nitrogen and oxygen atoms in total. The molecule has 0 radical (unpaired) electrons. The molecule has 140 valence electrons. The van der Waals surface area contributed by atoms with Gasteiger partial charge in [0.05, 0.1) is 18.8 Å². The molecule has 3 aromatic rings. The van der Waals surface area contributed by atoms with Crippen molar-refractivity contribution >= 4 is 88.7 Å². The third-order valence-electron chi connectivity index (χ3n) is 3.90. The predicted octanol–water partition coefficient (Wildman–Crippen LogP) is 8.06. The maximum absolute atomic E-state index is 9.57. The van der Waals surface area contributed by atoms with E-state index in [9.17, 15) is 5.26 Å². The van der Waals surface area contributed by atoms with E-state index < -0.39 is 0 Å². The number of hydrogen-bond acceptors (Lipinski definition) is 2. The minimum Gasteiger partial charge on any atom is -0.487 e. The summed E-state index contributed by atoms with van der Waals surface area (Å²) in [5, 5.41) is 9.57. The van der Waals surface area contributed by atoms with Gasteiger partial charge in [0.25, 0.3) is 0 Å². The minimum atomic E-state index is 0.511. The molecule has 0 aromatic heterocycles. The zero-order valence-electron chi connectivity index (χ0n) is 14.4. The average molecular weight is 721 g/mol. The second-order valence-electron chi connectivity index (χ2n) is 5.91. The monoisotopic (exact) mass is 719 g/mol. The van der Waals surface area contributed by atoms with E-state index >= 15 is 0 Å². The Morgan fingerprint density at radius 3 is 2.00 bits per heavy atom. The Bertz CT molecular complexity index is 1030. The Morgan fingerprint density at radius 1 is 0.929 bits per heavy atom. The van der Waals surface area contributed by atoms with Crippen molar-refractivity contribution < 1.29 is 4.74 Å². The van der Waals surface area contributed by atoms with Crippen molar-refractivity contribution in [3.8, 4) is 11.8 Å². The molecule has 28 heavy (non-hydrogen) atoms. The van der Waals surface area contributed by atoms with Crippen LogP contribution in [0.3, 0.4) is 0 Å². The van der Waals surface area contributed by atoms with Gasteiger partial charge in [-0.1, -0.05) is 56.1 Å². The van der Waals surface area contributed by atoms with Gasteiger partial charge in [0.2, 0.25) is 0 Å². The van der Waals surface area contributed by atoms with Gasteiger partial charge in [-0.05, 0) is 104 Å². The third-order valence-corrected chi connectivity index (χ3v) is 6.56. The first-order valence-corrected chi connectivity index (χ1v) is 11.9. The number of ether oxygens (including phenoxy) is 1. The predicted molar refractivity (Wildman–Crippen MR) is 138 cm³/mol. The van der Waals surface area contributed by atoms with Gasteiger partial charge in [-0.25, -0.2) is 0 Å². The molecule has 0 saturated heterocycles. The van der Waals surface area contributed by atoms with Crippen molar-refractivity contribution in [3.05, 3.63) is 93.4 Å². The number of allylic oxidation sites excluding steroid dienone is 1. The fourth-order valence-electron chi connectivity index (χ4n) is 2.51. The van der Waals surface area contributed by atoms with Crippen molar-refractivity contribution in [2.24, 2.45) is 0 Å². The number of halogens is 4. The van der Waals surface area contributed by atoms with Crippen molar-refractivity contribution in [1.29, 1.82) is 5.26 Å². The zero-order valence-corrected chi connectivity index (χ0v) is 21.9. The van der Waals surface area contributed by atoms with E-state index in [4.69, 9.17) is 4.74 Å². The van der Waals surface area contributed by atoms with Crippen LogP contribution >= 0.6 is 77.0 Å². The Morgan fingerprint density at radius 2 is 1.46 bits per heavy atom. The summed E-state index contributed by atoms with van der Waals surface area (Å²) in [7, 11) is 0. The molecule has 0 aliphatic carbocycles. The van der Waals surface area contributed by atoms with Gasteiger partial charge in [0, 0.05) is 8.95 Å². The zero-order chi connectivity index (χ0) is 20.1. The molecular formula is C22H13Br2I2NO. The lowest BCUT2D eigenvalue weighted by Crippen LogP contribution is -1.99. The van der Waals surface area contributed by atoms with Crippen LogP contribution in [0.25, 0.3) is 11.6 Å². The van der Waals surface area contributed by atoms with Crippen LogP contribution in [0.4, 0.5) is 0 Å². The highest BCUT2D eigenvalue weighted by atomic mass is 127. The van der Waals surface area contributed by atoms with E-state index in [1.807, 2.05) is 66.7 Å². The summed E-state index contributed by atoms with van der Waals surface area (Å²) < 4.78 is 10.1. The molecule has 0 aliphatic heterocycles. The quantitative estimate of drug-likeness (QED) is 0.152. The standard InChI is InChI=1S/C22H13Br2I2NO/c23-18-5-1-14(2-6-18)13-28-22-20(25)10-15(11-21(22)26)9-17(12-27)16-3-7-19(24)8-4-16/h1-11H,13H2/b17-9-. The van der Waals surface area contributed by atoms with Crippen molar-refractivity contribution in [3.63, 3.8) is 0 Å². The second-order valence-corrected chi connectivity index (χ2v) is 10.1. The van der Waals surface area contributed by atoms with E-state index in [1.165, 1.54) is 0 Å². The second kappa shape index (κ2) is 10.2. The first kappa shape index (κ1) is 21.8. The Labute approximate surface area is 208 Å². The Balaban J connectivity index is 1.83. The number of nitriles is 1. The molecule has 0 unspecified atom stereocenters. The molecule has 0 aliphatic rings. The lowest BCUT2D eigenvalue weighted by atomic mass is 10.0. The lowest BCUT2D eigenvalue weighted by molar-refractivity contribution is 0.301. The van der Waals surface area contributed by atoms with Crippen LogP contribution in [0.1, 0.15) is 16.7 Å². The van der Waals surface area contributed by atoms with Gasteiger partial charge in [-0.15, -0.1) is 0 Å². The van der Waals surface area contributed by atoms with Crippen LogP contribution < -0.4 is 4.74 Å². The summed E-state index contributed by atoms with van der Waals surface area (Å²) in [6, 6.07) is 22.2. The minimum absolute atomic E-state index is 0.511. The molecule has 3 aromatic carbocycles. The van der Waals surface area contributed by atoms with Gasteiger partial charge in [-0.2, -0.15) is 5.26 Å². The van der Waals surface area contributed by atoms with Gasteiger partial charge < -0.3 is 4.74 Å². The van der Waals surface area contributed by atoms with Crippen LogP contribution in [-0.2, 0) is 6.61 Å². The lowest BCUT2D eigenvalue weighted by Gasteiger charge is -2.12. The highest BCUT2D eigenvalue weighted by Gasteiger charge is 2.10. The van der Waals surface area contributed by atoms with Crippen LogP contribution in [0.15, 0.2) is 69.6 Å². The van der Waals surface area contributed by atoms with Gasteiger partial charge >= 0.3 is 0 Å². The SMILES string of the molecule is N#C/C(=C/c1cc(I)c(OCc2ccc(Br)cc2)c(I)c1)c1ccc(Br)cc1. The molecule has 0 fully saturated rings. The number of nitrogens with zero attached hydrogens (tertiary/aromatic N) is 1. The van der Waals surface area contributed by atoms with Crippen LogP contribution in [0, 0.1) is 18.5 Å². The van der Waals surface area contributed by atoms with E-state index in [2.05, 4.69) is 83.1 Å². The van der Waals surface area contributed by atoms with Crippen molar-refractivity contribution in [2.45, 2.75) is 6.61 Å². The van der Waals surface area contributed by atoms with Crippen LogP contribution in [0.2, 0.25) is 0 Å². The molecule has 3 rings (SSSR count). The van der Waals surface area contributed by atoms with E-state index in [0.717, 1.165) is 38.5 Å². The summed E-state index contributed by atoms with van der Waals surface area (Å²) in [5.74, 6) is 0.864. The van der Waals surface area contributed by atoms with Gasteiger partial charge in [0.1, 0.15) is 12.4 Å². The Hall–Kier alpha value is -0.890. The topological polar surface area (TPSA) is 33.0 Å². The number of hydrogen-bond donors (Lipinski definition) is 0. The average Bonchev–Trinajstić information content (AvgIpc) is 2.67. The molecule has 0 atom stereocenters. The van der Waals surface area contributed by atoms with Crippen molar-refractivity contribution in [1.82, 2.24) is 0 Å². The largest absolute Gasteiger partial charge is 0.487 e. The highest BCUT2D eigenvalue weighted by Crippen LogP contribution is 2.31. The fraction of sp³-hybridized carbons (Fsp3) is 0.0455. The molecule has 0 N–H and O–H groups in total. The Kier molecular flexibility index (Phi) is 7.97. The van der Waals surface area contributed by atoms with Gasteiger partial charge in [0.15, 0.2) is 0 Å². The summed E-state index contributed by atoms with van der Waals surface area (Å²) in [4.78, 5) is 0. The molecule has 0 bridgehead atoms. The molecule has 0 saturated carbocycles. The fourth-order valence-corrected chi connectivity index (χ4v) is 5.17. The van der Waals surface area contributed by atoms with E-state index in [1.54, 1.807) is 0 Å². The summed E-state index contributed by atoms with van der Waals surface area (Å²) in [6.07, 6.45) is 1.91. The first-order valence-electron chi connectivity index (χ1n) is 8.20. The van der Waals surface area contributed by atoms with Gasteiger partial charge in [-0.3, -0.25) is 0 Å². The number of rotatable bonds is 5. The summed E-state index contributed by atoms with van der Waals surface area (Å²) in [5.41, 5.74) is 3.61. The summed E-state index contributed by atoms with van der Waals surface area (Å²) >= 11 is 11.4. The maximum Gasteiger partial charge on any atom is 0.146 e. The third kappa shape index (κ3) is 5.81. The van der Waals surface area contributed by atoms with E-state index in [0.29, 0.717) is 12.2 Å². The normalized spacial score (nSPS) is 11.2. The maximum atomic E-state index is 9.57.